The lowest BCUT2D eigenvalue weighted by atomic mass is 10.1. The summed E-state index contributed by atoms with van der Waals surface area (Å²) in [5.41, 5.74) is 1.76. The molecule has 4 heteroatoms. The van der Waals surface area contributed by atoms with Gasteiger partial charge in [-0.05, 0) is 30.2 Å². The molecule has 1 aromatic carbocycles. The summed E-state index contributed by atoms with van der Waals surface area (Å²) in [4.78, 5) is 20.9. The van der Waals surface area contributed by atoms with Gasteiger partial charge in [-0.25, -0.2) is 9.59 Å². The molecule has 17 heavy (non-hydrogen) atoms. The number of benzene rings is 1. The first-order chi connectivity index (χ1) is 7.99. The van der Waals surface area contributed by atoms with Crippen molar-refractivity contribution < 1.29 is 19.8 Å². The molecular weight excluding hydrogens is 220 g/mol. The molecule has 0 atom stereocenters. The van der Waals surface area contributed by atoms with Crippen molar-refractivity contribution in [3.63, 3.8) is 0 Å². The minimum atomic E-state index is -1.00. The van der Waals surface area contributed by atoms with E-state index in [1.165, 1.54) is 13.0 Å². The number of hydrogen-bond acceptors (Lipinski definition) is 2. The number of aliphatic carboxylic acids is 2. The van der Waals surface area contributed by atoms with Crippen LogP contribution in [-0.4, -0.2) is 22.2 Å². The van der Waals surface area contributed by atoms with E-state index >= 15 is 0 Å². The van der Waals surface area contributed by atoms with Crippen LogP contribution in [-0.2, 0) is 9.59 Å². The monoisotopic (exact) mass is 232 g/mol. The van der Waals surface area contributed by atoms with Crippen molar-refractivity contribution in [2.45, 2.75) is 6.92 Å². The lowest BCUT2D eigenvalue weighted by Gasteiger charge is -1.97. The number of hydrogen-bond donors (Lipinski definition) is 2. The molecule has 0 saturated heterocycles. The summed E-state index contributed by atoms with van der Waals surface area (Å²) < 4.78 is 0. The van der Waals surface area contributed by atoms with E-state index < -0.39 is 11.9 Å². The Kier molecular flexibility index (Phi) is 4.22. The second-order valence-corrected chi connectivity index (χ2v) is 3.47. The summed E-state index contributed by atoms with van der Waals surface area (Å²) in [6, 6.07) is 6.91. The lowest BCUT2D eigenvalue weighted by molar-refractivity contribution is -0.133. The van der Waals surface area contributed by atoms with Crippen LogP contribution in [0.2, 0.25) is 0 Å². The molecule has 0 amide bonds. The molecule has 4 nitrogen and oxygen atoms in total. The Morgan fingerprint density at radius 3 is 2.06 bits per heavy atom. The second kappa shape index (κ2) is 5.65. The predicted molar refractivity (Wildman–Crippen MR) is 64.4 cm³/mol. The van der Waals surface area contributed by atoms with Gasteiger partial charge in [-0.2, -0.15) is 0 Å². The summed E-state index contributed by atoms with van der Waals surface area (Å²) >= 11 is 0. The van der Waals surface area contributed by atoms with Crippen molar-refractivity contribution in [2.24, 2.45) is 0 Å². The van der Waals surface area contributed by atoms with E-state index in [9.17, 15) is 9.59 Å². The average molecular weight is 232 g/mol. The van der Waals surface area contributed by atoms with E-state index in [1.54, 1.807) is 30.3 Å². The first-order valence-electron chi connectivity index (χ1n) is 4.91. The summed E-state index contributed by atoms with van der Waals surface area (Å²) in [5.74, 6) is -1.96. The van der Waals surface area contributed by atoms with Crippen molar-refractivity contribution in [3.05, 3.63) is 47.0 Å². The van der Waals surface area contributed by atoms with Gasteiger partial charge in [-0.1, -0.05) is 24.3 Å². The molecule has 1 rings (SSSR count). The highest BCUT2D eigenvalue weighted by Gasteiger charge is 1.99. The molecule has 88 valence electrons. The van der Waals surface area contributed by atoms with Gasteiger partial charge >= 0.3 is 11.9 Å². The third-order valence-corrected chi connectivity index (χ3v) is 2.08. The zero-order valence-corrected chi connectivity index (χ0v) is 9.25. The van der Waals surface area contributed by atoms with E-state index in [-0.39, 0.29) is 5.57 Å². The Balaban J connectivity index is 2.85. The van der Waals surface area contributed by atoms with E-state index in [2.05, 4.69) is 0 Å². The lowest BCUT2D eigenvalue weighted by Crippen LogP contribution is -1.95. The SMILES string of the molecule is C/C(=C\c1ccc(/C=C/C(=O)O)cc1)C(=O)O. The highest BCUT2D eigenvalue weighted by molar-refractivity contribution is 5.91. The molecule has 0 spiro atoms. The van der Waals surface area contributed by atoms with Gasteiger partial charge in [-0.3, -0.25) is 0 Å². The Morgan fingerprint density at radius 2 is 1.59 bits per heavy atom. The minimum Gasteiger partial charge on any atom is -0.478 e. The van der Waals surface area contributed by atoms with Gasteiger partial charge < -0.3 is 10.2 Å². The maximum absolute atomic E-state index is 10.6. The first kappa shape index (κ1) is 12.7. The van der Waals surface area contributed by atoms with Crippen molar-refractivity contribution >= 4 is 24.1 Å². The molecule has 0 fully saturated rings. The smallest absolute Gasteiger partial charge is 0.331 e. The van der Waals surface area contributed by atoms with Gasteiger partial charge in [0.2, 0.25) is 0 Å². The summed E-state index contributed by atoms with van der Waals surface area (Å²) in [6.07, 6.45) is 4.07. The number of carboxylic acids is 2. The Bertz CT molecular complexity index is 481. The average Bonchev–Trinajstić information content (AvgIpc) is 2.28. The molecule has 0 heterocycles. The fourth-order valence-corrected chi connectivity index (χ4v) is 1.18. The maximum atomic E-state index is 10.6. The highest BCUT2D eigenvalue weighted by atomic mass is 16.4. The van der Waals surface area contributed by atoms with E-state index in [4.69, 9.17) is 10.2 Å². The zero-order valence-electron chi connectivity index (χ0n) is 9.25. The highest BCUT2D eigenvalue weighted by Crippen LogP contribution is 2.10. The molecule has 0 unspecified atom stereocenters. The zero-order chi connectivity index (χ0) is 12.8. The maximum Gasteiger partial charge on any atom is 0.331 e. The van der Waals surface area contributed by atoms with Crippen molar-refractivity contribution in [1.29, 1.82) is 0 Å². The van der Waals surface area contributed by atoms with Crippen LogP contribution in [0.5, 0.6) is 0 Å². The van der Waals surface area contributed by atoms with Gasteiger partial charge in [0.05, 0.1) is 0 Å². The number of carboxylic acid groups (broad SMARTS) is 2. The third kappa shape index (κ3) is 4.34. The molecule has 0 bridgehead atoms. The van der Waals surface area contributed by atoms with Crippen molar-refractivity contribution in [2.75, 3.05) is 0 Å². The second-order valence-electron chi connectivity index (χ2n) is 3.47. The number of rotatable bonds is 4. The topological polar surface area (TPSA) is 74.6 Å². The largest absolute Gasteiger partial charge is 0.478 e. The van der Waals surface area contributed by atoms with Crippen LogP contribution in [0, 0.1) is 0 Å². The van der Waals surface area contributed by atoms with Crippen LogP contribution in [0.3, 0.4) is 0 Å². The minimum absolute atomic E-state index is 0.249. The van der Waals surface area contributed by atoms with E-state index in [0.29, 0.717) is 0 Å². The fraction of sp³-hybridized carbons (Fsp3) is 0.0769. The van der Waals surface area contributed by atoms with Crippen LogP contribution in [0.25, 0.3) is 12.2 Å². The van der Waals surface area contributed by atoms with Crippen LogP contribution >= 0.6 is 0 Å². The molecule has 0 radical (unpaired) electrons. The standard InChI is InChI=1S/C13H12O4/c1-9(13(16)17)8-11-4-2-10(3-5-11)6-7-12(14)15/h2-8H,1H3,(H,14,15)(H,16,17)/b7-6+,9-8+. The third-order valence-electron chi connectivity index (χ3n) is 2.08. The fourth-order valence-electron chi connectivity index (χ4n) is 1.18. The van der Waals surface area contributed by atoms with Crippen LogP contribution in [0.15, 0.2) is 35.9 Å². The summed E-state index contributed by atoms with van der Waals surface area (Å²) in [7, 11) is 0. The quantitative estimate of drug-likeness (QED) is 0.781. The molecule has 0 aromatic heterocycles. The van der Waals surface area contributed by atoms with Crippen molar-refractivity contribution in [3.8, 4) is 0 Å². The molecule has 1 aromatic rings. The first-order valence-corrected chi connectivity index (χ1v) is 4.91. The molecule has 0 aliphatic heterocycles. The number of carbonyl (C=O) groups is 2. The molecule has 0 aliphatic rings. The molecule has 0 saturated carbocycles. The Labute approximate surface area is 98.5 Å². The van der Waals surface area contributed by atoms with E-state index in [1.807, 2.05) is 0 Å². The van der Waals surface area contributed by atoms with Crippen LogP contribution in [0.1, 0.15) is 18.1 Å². The van der Waals surface area contributed by atoms with Crippen LogP contribution in [0.4, 0.5) is 0 Å². The van der Waals surface area contributed by atoms with Crippen LogP contribution < -0.4 is 0 Å². The Morgan fingerprint density at radius 1 is 1.06 bits per heavy atom. The van der Waals surface area contributed by atoms with Crippen molar-refractivity contribution in [1.82, 2.24) is 0 Å². The van der Waals surface area contributed by atoms with Gasteiger partial charge in [0.15, 0.2) is 0 Å². The molecule has 2 N–H and O–H groups in total. The van der Waals surface area contributed by atoms with E-state index in [0.717, 1.165) is 17.2 Å². The normalized spacial score (nSPS) is 11.7. The van der Waals surface area contributed by atoms with Gasteiger partial charge in [0.1, 0.15) is 0 Å². The summed E-state index contributed by atoms with van der Waals surface area (Å²) in [5, 5.41) is 17.1. The summed E-state index contributed by atoms with van der Waals surface area (Å²) in [6.45, 7) is 1.51. The van der Waals surface area contributed by atoms with Gasteiger partial charge in [0, 0.05) is 11.6 Å². The van der Waals surface area contributed by atoms with Gasteiger partial charge in [0.25, 0.3) is 0 Å². The Hall–Kier alpha value is -2.36. The van der Waals surface area contributed by atoms with Gasteiger partial charge in [-0.15, -0.1) is 0 Å². The molecular formula is C13H12O4. The predicted octanol–water partition coefficient (Wildman–Crippen LogP) is 2.27. The molecule has 0 aliphatic carbocycles.